The summed E-state index contributed by atoms with van der Waals surface area (Å²) in [4.78, 5) is 112. The van der Waals surface area contributed by atoms with E-state index in [1.807, 2.05) is 21.1 Å². The number of amides is 2. The van der Waals surface area contributed by atoms with Crippen LogP contribution in [0.3, 0.4) is 0 Å². The highest BCUT2D eigenvalue weighted by atomic mass is 32.2. The molecule has 1 saturated heterocycles. The van der Waals surface area contributed by atoms with E-state index >= 15 is 0 Å². The Bertz CT molecular complexity index is 1770. The van der Waals surface area contributed by atoms with Crippen molar-refractivity contribution < 1.29 is 90.7 Å². The molecule has 58 heavy (non-hydrogen) atoms. The summed E-state index contributed by atoms with van der Waals surface area (Å²) in [6, 6.07) is 0. The first-order chi connectivity index (χ1) is 26.6. The summed E-state index contributed by atoms with van der Waals surface area (Å²) in [7, 11) is -10.8. The van der Waals surface area contributed by atoms with Crippen LogP contribution in [-0.4, -0.2) is 166 Å². The number of nitrogens with two attached hydrogens (primary N) is 1. The maximum absolute atomic E-state index is 12.7. The summed E-state index contributed by atoms with van der Waals surface area (Å²) in [5.41, 5.74) is 4.23. The standard InChI is InChI=1S/C28H49N8O18P3S/c1-28(2,23(41)26(42)31-7-6-18(38)30-8-9-58-19(39)10-16(37)11-36(3,4)5)13-51-57(48,49)54-56(46,47)50-12-17-22(53-55(43,44)45)21(40)27(52-17)35-15-34-20-24(29)32-14-33-25(20)35/h14-17,21-23,27,37,40-41H,6-13H2,1-5H3,(H7-,29,30,31,32,33,38,42,43,44,45,46,47,48,49)/p+1/t16-,17-,21-,22-,23?,27-/m1/s1. The van der Waals surface area contributed by atoms with Crippen molar-refractivity contribution in [3.63, 3.8) is 0 Å². The largest absolute Gasteiger partial charge is 0.606 e. The van der Waals surface area contributed by atoms with Crippen molar-refractivity contribution in [3.05, 3.63) is 12.7 Å². The van der Waals surface area contributed by atoms with Crippen LogP contribution in [-0.2, 0) is 41.6 Å². The van der Waals surface area contributed by atoms with Crippen molar-refractivity contribution in [1.82, 2.24) is 30.2 Å². The van der Waals surface area contributed by atoms with E-state index in [0.717, 1.165) is 29.0 Å². The molecule has 1 fully saturated rings. The summed E-state index contributed by atoms with van der Waals surface area (Å²) < 4.78 is 38.3. The number of phosphoric ester groups is 3. The van der Waals surface area contributed by atoms with Gasteiger partial charge in [-0.15, -0.1) is 0 Å². The number of anilines is 1. The Morgan fingerprint density at radius 2 is 1.81 bits per heavy atom. The Balaban J connectivity index is 1.46. The normalized spacial score (nSPS) is 22.2. The quantitative estimate of drug-likeness (QED) is 0.0288. The molecule has 0 radical (unpaired) electrons. The fraction of sp³-hybridized carbons (Fsp3) is 0.714. The molecule has 330 valence electrons. The number of likely N-dealkylation sites (N-methyl/N-ethyl adjacent to an activating group) is 1. The van der Waals surface area contributed by atoms with Gasteiger partial charge in [0.05, 0.1) is 34.1 Å². The fourth-order valence-electron chi connectivity index (χ4n) is 5.24. The second-order valence-electron chi connectivity index (χ2n) is 14.6. The van der Waals surface area contributed by atoms with Crippen molar-refractivity contribution in [2.75, 3.05) is 65.5 Å². The molecule has 0 saturated carbocycles. The monoisotopic (exact) mass is 911 g/mol. The van der Waals surface area contributed by atoms with Crippen molar-refractivity contribution in [1.29, 1.82) is 0 Å². The first-order valence-electron chi connectivity index (χ1n) is 17.1. The number of rotatable bonds is 23. The number of quaternary nitrogens is 1. The van der Waals surface area contributed by atoms with E-state index in [0.29, 0.717) is 11.0 Å². The maximum Gasteiger partial charge on any atom is 0.510 e. The van der Waals surface area contributed by atoms with Crippen LogP contribution in [0.2, 0.25) is 0 Å². The molecule has 0 aliphatic carbocycles. The molecule has 11 N–H and O–H groups in total. The number of nitrogens with zero attached hydrogens (tertiary/aromatic N) is 5. The summed E-state index contributed by atoms with van der Waals surface area (Å²) >= 11 is 0.958. The summed E-state index contributed by atoms with van der Waals surface area (Å²) in [5, 5.41) is 36.1. The van der Waals surface area contributed by atoms with Gasteiger partial charge < -0.3 is 55.6 Å². The van der Waals surface area contributed by atoms with E-state index in [-0.39, 0.29) is 53.8 Å². The van der Waals surface area contributed by atoms with Gasteiger partial charge in [0.25, 0.3) is 0 Å². The lowest BCUT2D eigenvalue weighted by Crippen LogP contribution is -2.46. The van der Waals surface area contributed by atoms with Gasteiger partial charge >= 0.3 is 24.2 Å². The van der Waals surface area contributed by atoms with Gasteiger partial charge in [0.15, 0.2) is 28.9 Å². The molecule has 3 rings (SSSR count). The topological polar surface area (TPSA) is 396 Å². The number of hydrogen-bond donors (Lipinski definition) is 10. The minimum absolute atomic E-state index is 0.0256. The number of imidazole rings is 1. The Morgan fingerprint density at radius 1 is 1.14 bits per heavy atom. The maximum atomic E-state index is 12.7. The van der Waals surface area contributed by atoms with Crippen LogP contribution >= 0.6 is 35.9 Å². The molecule has 3 unspecified atom stereocenters. The van der Waals surface area contributed by atoms with Crippen LogP contribution in [0, 0.1) is 5.41 Å². The second-order valence-corrected chi connectivity index (χ2v) is 20.0. The minimum atomic E-state index is -5.58. The molecule has 2 amide bonds. The Hall–Kier alpha value is -2.20. The number of phosphoric acid groups is 3. The number of nitrogens with one attached hydrogen (secondary N) is 2. The van der Waals surface area contributed by atoms with E-state index in [1.165, 1.54) is 13.8 Å². The summed E-state index contributed by atoms with van der Waals surface area (Å²) in [5.74, 6) is -1.26. The third kappa shape index (κ3) is 16.0. The van der Waals surface area contributed by atoms with E-state index in [2.05, 4.69) is 34.4 Å². The van der Waals surface area contributed by atoms with Crippen molar-refractivity contribution in [2.24, 2.45) is 5.41 Å². The minimum Gasteiger partial charge on any atom is -0.606 e. The Kier molecular flexibility index (Phi) is 17.8. The Morgan fingerprint density at radius 3 is 2.45 bits per heavy atom. The zero-order valence-electron chi connectivity index (χ0n) is 32.0. The summed E-state index contributed by atoms with van der Waals surface area (Å²) in [6.07, 6.45) is -7.83. The van der Waals surface area contributed by atoms with Gasteiger partial charge in [-0.25, -0.2) is 19.5 Å². The van der Waals surface area contributed by atoms with Crippen molar-refractivity contribution in [3.8, 4) is 0 Å². The van der Waals surface area contributed by atoms with Crippen LogP contribution in [0.1, 0.15) is 32.9 Å². The summed E-state index contributed by atoms with van der Waals surface area (Å²) in [6.45, 7) is 0.747. The average Bonchev–Trinajstić information content (AvgIpc) is 3.63. The predicted octanol–water partition coefficient (Wildman–Crippen LogP) is -4.02. The molecule has 0 bridgehead atoms. The van der Waals surface area contributed by atoms with Gasteiger partial charge in [0, 0.05) is 37.1 Å². The number of thioether (sulfide) groups is 1. The lowest BCUT2D eigenvalue weighted by Gasteiger charge is -2.30. The SMILES string of the molecule is CC(C)(CO[P+]([O-])(O)OP(=O)(O)OC[C@H]1O[C@@H](n2cnc3c(N)ncnc32)[C@H](O)[C@@H]1O[P+]([O-])(O)O)C(O)C(=O)NCCC(=O)NCCSC(=O)C[C@@H](O)C[N+](C)(C)C. The Labute approximate surface area is 337 Å². The highest BCUT2D eigenvalue weighted by Crippen LogP contribution is 2.63. The van der Waals surface area contributed by atoms with Crippen LogP contribution < -0.4 is 26.2 Å². The molecule has 2 aromatic rings. The molecular weight excluding hydrogens is 861 g/mol. The highest BCUT2D eigenvalue weighted by Gasteiger charge is 2.52. The third-order valence-corrected chi connectivity index (χ3v) is 11.9. The first-order valence-corrected chi connectivity index (χ1v) is 22.6. The fourth-order valence-corrected chi connectivity index (χ4v) is 8.81. The molecular formula is C28H50N8O18P3S+. The van der Waals surface area contributed by atoms with Gasteiger partial charge in [0.1, 0.15) is 49.4 Å². The van der Waals surface area contributed by atoms with Gasteiger partial charge in [-0.05, 0) is 0 Å². The number of nitrogen functional groups attached to an aromatic ring is 1. The van der Waals surface area contributed by atoms with Gasteiger partial charge in [-0.2, -0.15) is 23.7 Å². The van der Waals surface area contributed by atoms with E-state index in [4.69, 9.17) is 19.5 Å². The van der Waals surface area contributed by atoms with Crippen molar-refractivity contribution in [2.45, 2.75) is 63.4 Å². The van der Waals surface area contributed by atoms with Crippen molar-refractivity contribution >= 4 is 69.8 Å². The molecule has 1 aliphatic heterocycles. The van der Waals surface area contributed by atoms with Gasteiger partial charge in [-0.3, -0.25) is 23.5 Å². The van der Waals surface area contributed by atoms with E-state index in [1.54, 1.807) is 0 Å². The number of ether oxygens (including phenoxy) is 1. The van der Waals surface area contributed by atoms with Crippen LogP contribution in [0.15, 0.2) is 12.7 Å². The lowest BCUT2D eigenvalue weighted by molar-refractivity contribution is -0.873. The van der Waals surface area contributed by atoms with E-state index < -0.39 is 91.4 Å². The molecule has 30 heteroatoms. The molecule has 1 aliphatic rings. The molecule has 2 aromatic heterocycles. The molecule has 3 heterocycles. The lowest BCUT2D eigenvalue weighted by atomic mass is 9.87. The smallest absolute Gasteiger partial charge is 0.510 e. The van der Waals surface area contributed by atoms with Crippen LogP contribution in [0.25, 0.3) is 11.2 Å². The van der Waals surface area contributed by atoms with Gasteiger partial charge in [0.2, 0.25) is 11.8 Å². The number of fused-ring (bicyclic) bond motifs is 1. The van der Waals surface area contributed by atoms with Crippen LogP contribution in [0.5, 0.6) is 0 Å². The molecule has 0 spiro atoms. The number of aliphatic hydroxyl groups excluding tert-OH is 3. The number of carbonyl (C=O) groups is 3. The average molecular weight is 912 g/mol. The third-order valence-electron chi connectivity index (χ3n) is 7.93. The molecule has 0 aromatic carbocycles. The zero-order valence-corrected chi connectivity index (χ0v) is 35.5. The highest BCUT2D eigenvalue weighted by molar-refractivity contribution is 8.13. The number of aliphatic hydroxyl groups is 3. The number of carbonyl (C=O) groups excluding carboxylic acids is 3. The van der Waals surface area contributed by atoms with Gasteiger partial charge in [-0.1, -0.05) is 29.9 Å². The number of aromatic nitrogens is 4. The molecule has 8 atom stereocenters. The second kappa shape index (κ2) is 20.6. The number of hydrogen-bond acceptors (Lipinski definition) is 22. The zero-order chi connectivity index (χ0) is 43.9. The van der Waals surface area contributed by atoms with Crippen LogP contribution in [0.4, 0.5) is 5.82 Å². The first kappa shape index (κ1) is 50.2. The van der Waals surface area contributed by atoms with E-state index in [9.17, 15) is 63.6 Å². The molecule has 26 nitrogen and oxygen atoms in total. The predicted molar refractivity (Wildman–Crippen MR) is 199 cm³/mol.